The summed E-state index contributed by atoms with van der Waals surface area (Å²) in [5.74, 6) is 2.58. The Kier molecular flexibility index (Phi) is 5.69. The fraction of sp³-hybridized carbons (Fsp3) is 0.471. The summed E-state index contributed by atoms with van der Waals surface area (Å²) in [4.78, 5) is 10.3. The molecule has 0 saturated carbocycles. The number of carbonyl (C=O) groups excluding carboxylic acids is 1. The largest absolute Gasteiger partial charge is 0.501 e. The minimum absolute atomic E-state index is 0.673. The third-order valence-electron chi connectivity index (χ3n) is 4.01. The molecular formula is C17H23NO4. The van der Waals surface area contributed by atoms with Crippen LogP contribution in [-0.2, 0) is 22.4 Å². The zero-order valence-electron chi connectivity index (χ0n) is 13.4. The average molecular weight is 305 g/mol. The number of hydrogen-bond donors (Lipinski definition) is 1. The molecule has 0 saturated heterocycles. The second-order valence-corrected chi connectivity index (χ2v) is 5.20. The Morgan fingerprint density at radius 3 is 2.59 bits per heavy atom. The van der Waals surface area contributed by atoms with E-state index in [0.29, 0.717) is 6.54 Å². The molecule has 5 nitrogen and oxygen atoms in total. The maximum Gasteiger partial charge on any atom is 0.207 e. The Labute approximate surface area is 131 Å². The summed E-state index contributed by atoms with van der Waals surface area (Å²) in [7, 11) is 5.03. The van der Waals surface area contributed by atoms with Crippen LogP contribution >= 0.6 is 0 Å². The zero-order valence-corrected chi connectivity index (χ0v) is 13.4. The summed E-state index contributed by atoms with van der Waals surface area (Å²) in [6.07, 6.45) is 4.07. The summed E-state index contributed by atoms with van der Waals surface area (Å²) in [5, 5.41) is 2.69. The van der Waals surface area contributed by atoms with Gasteiger partial charge in [0.2, 0.25) is 6.41 Å². The highest BCUT2D eigenvalue weighted by atomic mass is 16.5. The quantitative estimate of drug-likeness (QED) is 0.591. The molecule has 0 heterocycles. The monoisotopic (exact) mass is 305 g/mol. The summed E-state index contributed by atoms with van der Waals surface area (Å²) < 4.78 is 16.5. The number of rotatable bonds is 8. The second kappa shape index (κ2) is 7.73. The molecule has 5 heteroatoms. The lowest BCUT2D eigenvalue weighted by Gasteiger charge is -2.25. The van der Waals surface area contributed by atoms with E-state index in [2.05, 4.69) is 11.4 Å². The van der Waals surface area contributed by atoms with Gasteiger partial charge >= 0.3 is 0 Å². The highest BCUT2D eigenvalue weighted by Crippen LogP contribution is 2.39. The Hall–Kier alpha value is -2.17. The van der Waals surface area contributed by atoms with Gasteiger partial charge in [0.15, 0.2) is 11.5 Å². The average Bonchev–Trinajstić information content (AvgIpc) is 2.56. The third kappa shape index (κ3) is 3.35. The number of fused-ring (bicyclic) bond motifs is 1. The Balaban J connectivity index is 2.23. The first-order valence-electron chi connectivity index (χ1n) is 7.39. The van der Waals surface area contributed by atoms with Crippen molar-refractivity contribution in [2.24, 2.45) is 0 Å². The van der Waals surface area contributed by atoms with E-state index in [-0.39, 0.29) is 0 Å². The number of nitrogens with one attached hydrogen (secondary N) is 1. The van der Waals surface area contributed by atoms with Gasteiger partial charge in [-0.25, -0.2) is 0 Å². The maximum absolute atomic E-state index is 10.3. The van der Waals surface area contributed by atoms with Gasteiger partial charge in [-0.1, -0.05) is 6.07 Å². The van der Waals surface area contributed by atoms with Crippen LogP contribution < -0.4 is 14.8 Å². The van der Waals surface area contributed by atoms with E-state index in [1.807, 2.05) is 6.07 Å². The molecule has 1 aliphatic carbocycles. The summed E-state index contributed by atoms with van der Waals surface area (Å²) in [5.41, 5.74) is 3.64. The fourth-order valence-electron chi connectivity index (χ4n) is 2.91. The van der Waals surface area contributed by atoms with Crippen LogP contribution in [0.2, 0.25) is 0 Å². The lowest BCUT2D eigenvalue weighted by atomic mass is 9.87. The molecule has 0 aromatic heterocycles. The number of ether oxygens (including phenoxy) is 3. The predicted octanol–water partition coefficient (Wildman–Crippen LogP) is 2.23. The molecule has 1 amide bonds. The van der Waals surface area contributed by atoms with Gasteiger partial charge in [0.1, 0.15) is 0 Å². The van der Waals surface area contributed by atoms with E-state index in [9.17, 15) is 4.79 Å². The molecule has 0 spiro atoms. The summed E-state index contributed by atoms with van der Waals surface area (Å²) in [6, 6.07) is 4.00. The van der Waals surface area contributed by atoms with Gasteiger partial charge < -0.3 is 19.5 Å². The standard InChI is InChI=1S/C17H23NO4/c1-20-15-7-6-12-10-16(21-2)13(5-4-8-18-11-19)9-14(12)17(15)22-3/h6-7,11H,4-5,8-10H2,1-3H3,(H,18,19). The number of carbonyl (C=O) groups is 1. The molecule has 0 aliphatic heterocycles. The molecule has 0 unspecified atom stereocenters. The molecular weight excluding hydrogens is 282 g/mol. The molecule has 1 aromatic rings. The van der Waals surface area contributed by atoms with Crippen LogP contribution in [0.5, 0.6) is 11.5 Å². The molecule has 1 aliphatic rings. The van der Waals surface area contributed by atoms with Crippen molar-refractivity contribution < 1.29 is 19.0 Å². The van der Waals surface area contributed by atoms with Crippen LogP contribution in [0.15, 0.2) is 23.5 Å². The van der Waals surface area contributed by atoms with Crippen molar-refractivity contribution in [2.75, 3.05) is 27.9 Å². The van der Waals surface area contributed by atoms with Crippen molar-refractivity contribution in [2.45, 2.75) is 25.7 Å². The lowest BCUT2D eigenvalue weighted by molar-refractivity contribution is -0.109. The van der Waals surface area contributed by atoms with E-state index in [4.69, 9.17) is 14.2 Å². The number of allylic oxidation sites excluding steroid dienone is 2. The highest BCUT2D eigenvalue weighted by molar-refractivity contribution is 5.55. The first-order valence-corrected chi connectivity index (χ1v) is 7.39. The van der Waals surface area contributed by atoms with Crippen LogP contribution in [0.4, 0.5) is 0 Å². The zero-order chi connectivity index (χ0) is 15.9. The number of amides is 1. The molecule has 0 bridgehead atoms. The SMILES string of the molecule is COC1=C(CCCNC=O)Cc2c(ccc(OC)c2OC)C1. The number of benzene rings is 1. The molecule has 0 atom stereocenters. The number of hydrogen-bond acceptors (Lipinski definition) is 4. The highest BCUT2D eigenvalue weighted by Gasteiger charge is 2.23. The van der Waals surface area contributed by atoms with Gasteiger partial charge in [-0.05, 0) is 30.0 Å². The minimum atomic E-state index is 0.673. The van der Waals surface area contributed by atoms with Gasteiger partial charge in [-0.2, -0.15) is 0 Å². The van der Waals surface area contributed by atoms with Crippen molar-refractivity contribution in [3.8, 4) is 11.5 Å². The molecule has 0 fully saturated rings. The topological polar surface area (TPSA) is 56.8 Å². The third-order valence-corrected chi connectivity index (χ3v) is 4.01. The molecule has 0 radical (unpaired) electrons. The first-order chi connectivity index (χ1) is 10.7. The summed E-state index contributed by atoms with van der Waals surface area (Å²) in [6.45, 7) is 0.673. The molecule has 1 N–H and O–H groups in total. The normalized spacial score (nSPS) is 13.4. The van der Waals surface area contributed by atoms with Crippen molar-refractivity contribution in [3.63, 3.8) is 0 Å². The predicted molar refractivity (Wildman–Crippen MR) is 84.3 cm³/mol. The van der Waals surface area contributed by atoms with Crippen molar-refractivity contribution in [1.82, 2.24) is 5.32 Å². The molecule has 22 heavy (non-hydrogen) atoms. The van der Waals surface area contributed by atoms with E-state index in [0.717, 1.165) is 49.4 Å². The van der Waals surface area contributed by atoms with E-state index in [1.165, 1.54) is 16.7 Å². The van der Waals surface area contributed by atoms with E-state index < -0.39 is 0 Å². The van der Waals surface area contributed by atoms with Crippen molar-refractivity contribution >= 4 is 6.41 Å². The van der Waals surface area contributed by atoms with Gasteiger partial charge in [-0.3, -0.25) is 4.79 Å². The summed E-state index contributed by atoms with van der Waals surface area (Å²) >= 11 is 0. The molecule has 1 aromatic carbocycles. The maximum atomic E-state index is 10.3. The van der Waals surface area contributed by atoms with Gasteiger partial charge in [-0.15, -0.1) is 0 Å². The molecule has 2 rings (SSSR count). The Bertz CT molecular complexity index is 566. The Morgan fingerprint density at radius 2 is 1.95 bits per heavy atom. The van der Waals surface area contributed by atoms with E-state index in [1.54, 1.807) is 21.3 Å². The second-order valence-electron chi connectivity index (χ2n) is 5.20. The van der Waals surface area contributed by atoms with Crippen LogP contribution in [0, 0.1) is 0 Å². The fourth-order valence-corrected chi connectivity index (χ4v) is 2.91. The number of methoxy groups -OCH3 is 3. The smallest absolute Gasteiger partial charge is 0.207 e. The van der Waals surface area contributed by atoms with Crippen LogP contribution in [-0.4, -0.2) is 34.3 Å². The van der Waals surface area contributed by atoms with Crippen LogP contribution in [0.3, 0.4) is 0 Å². The van der Waals surface area contributed by atoms with Crippen LogP contribution in [0.25, 0.3) is 0 Å². The first kappa shape index (κ1) is 16.2. The Morgan fingerprint density at radius 1 is 1.14 bits per heavy atom. The van der Waals surface area contributed by atoms with Crippen molar-refractivity contribution in [1.29, 1.82) is 0 Å². The van der Waals surface area contributed by atoms with Gasteiger partial charge in [0, 0.05) is 24.9 Å². The molecule has 120 valence electrons. The van der Waals surface area contributed by atoms with Crippen molar-refractivity contribution in [3.05, 3.63) is 34.6 Å². The van der Waals surface area contributed by atoms with E-state index >= 15 is 0 Å². The van der Waals surface area contributed by atoms with Gasteiger partial charge in [0.25, 0.3) is 0 Å². The lowest BCUT2D eigenvalue weighted by Crippen LogP contribution is -2.15. The van der Waals surface area contributed by atoms with Crippen LogP contribution in [0.1, 0.15) is 24.0 Å². The van der Waals surface area contributed by atoms with Gasteiger partial charge in [0.05, 0.1) is 27.1 Å². The minimum Gasteiger partial charge on any atom is -0.501 e.